The summed E-state index contributed by atoms with van der Waals surface area (Å²) in [4.78, 5) is 10.6. The van der Waals surface area contributed by atoms with Crippen molar-refractivity contribution in [2.45, 2.75) is 17.7 Å². The fraction of sp³-hybridized carbons (Fsp3) is 0.286. The van der Waals surface area contributed by atoms with E-state index in [2.05, 4.69) is 19.6 Å². The van der Waals surface area contributed by atoms with E-state index >= 15 is 0 Å². The molecule has 1 N–H and O–H groups in total. The lowest BCUT2D eigenvalue weighted by molar-refractivity contribution is 0.601. The third kappa shape index (κ3) is 3.31. The SMILES string of the molecule is O=S(=O)(Nc1cnc(N2CCCC2)nc1)c1cccc(Cl)c1. The molecule has 0 amide bonds. The number of hydrogen-bond donors (Lipinski definition) is 1. The molecular formula is C14H15ClN4O2S. The number of halogens is 1. The van der Waals surface area contributed by atoms with Crippen molar-refractivity contribution < 1.29 is 8.42 Å². The van der Waals surface area contributed by atoms with Crippen LogP contribution in [0.5, 0.6) is 0 Å². The fourth-order valence-corrected chi connectivity index (χ4v) is 3.63. The summed E-state index contributed by atoms with van der Waals surface area (Å²) in [5, 5.41) is 0.364. The topological polar surface area (TPSA) is 75.2 Å². The van der Waals surface area contributed by atoms with Crippen molar-refractivity contribution in [1.29, 1.82) is 0 Å². The van der Waals surface area contributed by atoms with Gasteiger partial charge in [0, 0.05) is 18.1 Å². The highest BCUT2D eigenvalue weighted by Gasteiger charge is 2.17. The van der Waals surface area contributed by atoms with Crippen molar-refractivity contribution >= 4 is 33.3 Å². The molecule has 22 heavy (non-hydrogen) atoms. The Morgan fingerprint density at radius 2 is 1.82 bits per heavy atom. The molecule has 0 unspecified atom stereocenters. The van der Waals surface area contributed by atoms with Crippen molar-refractivity contribution in [1.82, 2.24) is 9.97 Å². The van der Waals surface area contributed by atoms with Gasteiger partial charge in [-0.15, -0.1) is 0 Å². The third-order valence-electron chi connectivity index (χ3n) is 3.39. The van der Waals surface area contributed by atoms with Crippen LogP contribution in [0.3, 0.4) is 0 Å². The van der Waals surface area contributed by atoms with Gasteiger partial charge in [-0.3, -0.25) is 4.72 Å². The first kappa shape index (κ1) is 15.1. The van der Waals surface area contributed by atoms with E-state index in [9.17, 15) is 8.42 Å². The highest BCUT2D eigenvalue weighted by Crippen LogP contribution is 2.20. The smallest absolute Gasteiger partial charge is 0.262 e. The monoisotopic (exact) mass is 338 g/mol. The maximum Gasteiger partial charge on any atom is 0.262 e. The summed E-state index contributed by atoms with van der Waals surface area (Å²) < 4.78 is 27.0. The largest absolute Gasteiger partial charge is 0.341 e. The lowest BCUT2D eigenvalue weighted by Crippen LogP contribution is -2.20. The van der Waals surface area contributed by atoms with Gasteiger partial charge in [-0.05, 0) is 31.0 Å². The van der Waals surface area contributed by atoms with Crippen LogP contribution in [0.1, 0.15) is 12.8 Å². The Morgan fingerprint density at radius 1 is 1.14 bits per heavy atom. The summed E-state index contributed by atoms with van der Waals surface area (Å²) in [7, 11) is -3.70. The maximum absolute atomic E-state index is 12.3. The quantitative estimate of drug-likeness (QED) is 0.927. The fourth-order valence-electron chi connectivity index (χ4n) is 2.30. The first-order valence-corrected chi connectivity index (χ1v) is 8.76. The lowest BCUT2D eigenvalue weighted by atomic mass is 10.4. The van der Waals surface area contributed by atoms with Crippen molar-refractivity contribution in [3.05, 3.63) is 41.7 Å². The minimum absolute atomic E-state index is 0.101. The van der Waals surface area contributed by atoms with E-state index in [4.69, 9.17) is 11.6 Å². The number of sulfonamides is 1. The second-order valence-electron chi connectivity index (χ2n) is 5.03. The van der Waals surface area contributed by atoms with Crippen LogP contribution in [0.25, 0.3) is 0 Å². The minimum atomic E-state index is -3.70. The van der Waals surface area contributed by atoms with Crippen molar-refractivity contribution in [3.63, 3.8) is 0 Å². The Morgan fingerprint density at radius 3 is 2.45 bits per heavy atom. The Balaban J connectivity index is 1.77. The molecule has 2 aromatic rings. The van der Waals surface area contributed by atoms with E-state index in [1.54, 1.807) is 12.1 Å². The Labute approximate surface area is 134 Å². The van der Waals surface area contributed by atoms with Crippen LogP contribution >= 0.6 is 11.6 Å². The maximum atomic E-state index is 12.3. The van der Waals surface area contributed by atoms with Gasteiger partial charge < -0.3 is 4.90 Å². The number of benzene rings is 1. The lowest BCUT2D eigenvalue weighted by Gasteiger charge is -2.15. The molecule has 0 atom stereocenters. The Kier molecular flexibility index (Phi) is 4.17. The first-order valence-electron chi connectivity index (χ1n) is 6.90. The second kappa shape index (κ2) is 6.10. The van der Waals surface area contributed by atoms with Crippen LogP contribution < -0.4 is 9.62 Å². The normalized spacial score (nSPS) is 15.0. The molecule has 0 spiro atoms. The van der Waals surface area contributed by atoms with E-state index in [1.165, 1.54) is 24.5 Å². The number of nitrogens with one attached hydrogen (secondary N) is 1. The van der Waals surface area contributed by atoms with Gasteiger partial charge in [0.2, 0.25) is 5.95 Å². The van der Waals surface area contributed by atoms with Crippen molar-refractivity contribution in [2.24, 2.45) is 0 Å². The average Bonchev–Trinajstić information content (AvgIpc) is 3.02. The molecular weight excluding hydrogens is 324 g/mol. The molecule has 1 aromatic carbocycles. The van der Waals surface area contributed by atoms with Crippen LogP contribution in [0.2, 0.25) is 5.02 Å². The van der Waals surface area contributed by atoms with Crippen molar-refractivity contribution in [2.75, 3.05) is 22.7 Å². The van der Waals surface area contributed by atoms with Gasteiger partial charge in [0.15, 0.2) is 0 Å². The van der Waals surface area contributed by atoms with Crippen LogP contribution in [0, 0.1) is 0 Å². The summed E-state index contributed by atoms with van der Waals surface area (Å²) >= 11 is 5.82. The average molecular weight is 339 g/mol. The van der Waals surface area contributed by atoms with Crippen molar-refractivity contribution in [3.8, 4) is 0 Å². The van der Waals surface area contributed by atoms with Crippen LogP contribution in [0.15, 0.2) is 41.6 Å². The molecule has 0 saturated carbocycles. The molecule has 1 aliphatic heterocycles. The highest BCUT2D eigenvalue weighted by atomic mass is 35.5. The van der Waals surface area contributed by atoms with Gasteiger partial charge in [-0.1, -0.05) is 17.7 Å². The molecule has 2 heterocycles. The third-order valence-corrected chi connectivity index (χ3v) is 5.00. The zero-order valence-corrected chi connectivity index (χ0v) is 13.3. The Hall–Kier alpha value is -1.86. The molecule has 0 radical (unpaired) electrons. The summed E-state index contributed by atoms with van der Waals surface area (Å²) in [5.41, 5.74) is 0.322. The van der Waals surface area contributed by atoms with Crippen LogP contribution in [-0.2, 0) is 10.0 Å². The first-order chi connectivity index (χ1) is 10.5. The van der Waals surface area contributed by atoms with E-state index in [-0.39, 0.29) is 4.90 Å². The van der Waals surface area contributed by atoms with Crippen LogP contribution in [-0.4, -0.2) is 31.5 Å². The van der Waals surface area contributed by atoms with Gasteiger partial charge in [0.05, 0.1) is 23.0 Å². The highest BCUT2D eigenvalue weighted by molar-refractivity contribution is 7.92. The molecule has 1 aromatic heterocycles. The van der Waals surface area contributed by atoms with Gasteiger partial charge in [0.1, 0.15) is 0 Å². The van der Waals surface area contributed by atoms with Gasteiger partial charge >= 0.3 is 0 Å². The summed E-state index contributed by atoms with van der Waals surface area (Å²) in [6, 6.07) is 6.08. The van der Waals surface area contributed by atoms with E-state index in [0.717, 1.165) is 25.9 Å². The number of rotatable bonds is 4. The molecule has 6 nitrogen and oxygen atoms in total. The van der Waals surface area contributed by atoms with E-state index in [0.29, 0.717) is 16.7 Å². The molecule has 1 saturated heterocycles. The molecule has 116 valence electrons. The van der Waals surface area contributed by atoms with Gasteiger partial charge in [-0.2, -0.15) is 0 Å². The van der Waals surface area contributed by atoms with E-state index < -0.39 is 10.0 Å². The van der Waals surface area contributed by atoms with Gasteiger partial charge in [-0.25, -0.2) is 18.4 Å². The molecule has 3 rings (SSSR count). The summed E-state index contributed by atoms with van der Waals surface area (Å²) in [6.45, 7) is 1.88. The Bertz CT molecular complexity index is 759. The zero-order chi connectivity index (χ0) is 15.6. The summed E-state index contributed by atoms with van der Waals surface area (Å²) in [6.07, 6.45) is 5.21. The van der Waals surface area contributed by atoms with Crippen LogP contribution in [0.4, 0.5) is 11.6 Å². The number of nitrogens with zero attached hydrogens (tertiary/aromatic N) is 3. The predicted octanol–water partition coefficient (Wildman–Crippen LogP) is 2.53. The molecule has 1 fully saturated rings. The number of aromatic nitrogens is 2. The molecule has 0 aliphatic carbocycles. The van der Waals surface area contributed by atoms with E-state index in [1.807, 2.05) is 0 Å². The number of hydrogen-bond acceptors (Lipinski definition) is 5. The predicted molar refractivity (Wildman–Crippen MR) is 85.7 cm³/mol. The molecule has 0 bridgehead atoms. The number of anilines is 2. The van der Waals surface area contributed by atoms with Gasteiger partial charge in [0.25, 0.3) is 10.0 Å². The molecule has 1 aliphatic rings. The minimum Gasteiger partial charge on any atom is -0.341 e. The standard InChI is InChI=1S/C14H15ClN4O2S/c15-11-4-3-5-13(8-11)22(20,21)18-12-9-16-14(17-10-12)19-6-1-2-7-19/h3-5,8-10,18H,1-2,6-7H2. The summed E-state index contributed by atoms with van der Waals surface area (Å²) in [5.74, 6) is 0.628. The molecule has 8 heteroatoms. The second-order valence-corrected chi connectivity index (χ2v) is 7.15. The zero-order valence-electron chi connectivity index (χ0n) is 11.7.